The maximum atomic E-state index is 10.2. The van der Waals surface area contributed by atoms with Crippen LogP contribution in [-0.2, 0) is 15.9 Å². The van der Waals surface area contributed by atoms with E-state index in [9.17, 15) is 9.90 Å². The first-order valence-electron chi connectivity index (χ1n) is 2.79. The van der Waals surface area contributed by atoms with E-state index in [0.717, 1.165) is 12.2 Å². The molecular weight excluding hydrogens is 138 g/mol. The van der Waals surface area contributed by atoms with Gasteiger partial charge in [-0.1, -0.05) is 0 Å². The summed E-state index contributed by atoms with van der Waals surface area (Å²) in [5.74, 6) is 0.00500. The van der Waals surface area contributed by atoms with Crippen LogP contribution in [0.25, 0.3) is 0 Å². The summed E-state index contributed by atoms with van der Waals surface area (Å²) >= 11 is 0.106. The van der Waals surface area contributed by atoms with Crippen molar-refractivity contribution in [3.63, 3.8) is 0 Å². The average Bonchev–Trinajstić information content (AvgIpc) is 2.14. The van der Waals surface area contributed by atoms with Gasteiger partial charge in [0, 0.05) is 6.42 Å². The Morgan fingerprint density at radius 1 is 1.89 bits per heavy atom. The van der Waals surface area contributed by atoms with Crippen molar-refractivity contribution in [2.24, 2.45) is 0 Å². The molecule has 4 heteroatoms. The van der Waals surface area contributed by atoms with Gasteiger partial charge in [-0.3, -0.25) is 0 Å². The summed E-state index contributed by atoms with van der Waals surface area (Å²) in [6.07, 6.45) is 2.73. The summed E-state index contributed by atoms with van der Waals surface area (Å²) in [4.78, 5) is 10.2. The Labute approximate surface area is 56.9 Å². The molecule has 1 N–H and O–H groups in total. The van der Waals surface area contributed by atoms with Gasteiger partial charge in [0.1, 0.15) is 12.0 Å². The van der Waals surface area contributed by atoms with Crippen LogP contribution in [-0.4, -0.2) is 24.0 Å². The molecule has 0 aromatic carbocycles. The number of carboxylic acid groups (broad SMARTS) is 1. The summed E-state index contributed by atoms with van der Waals surface area (Å²) in [6, 6.07) is -0.390. The molecule has 2 atom stereocenters. The lowest BCUT2D eigenvalue weighted by Gasteiger charge is -2.05. The second-order valence-corrected chi connectivity index (χ2v) is 4.04. The van der Waals surface area contributed by atoms with Crippen molar-refractivity contribution in [2.45, 2.75) is 12.5 Å². The van der Waals surface area contributed by atoms with Crippen molar-refractivity contribution in [3.05, 3.63) is 0 Å². The van der Waals surface area contributed by atoms with Crippen molar-refractivity contribution in [1.82, 2.24) is 4.72 Å². The molecule has 9 heavy (non-hydrogen) atoms. The number of carbonyl (C=O) groups excluding carboxylic acids is 1. The first-order valence-corrected chi connectivity index (χ1v) is 4.60. The molecule has 1 rings (SSSR count). The van der Waals surface area contributed by atoms with E-state index in [2.05, 4.69) is 4.72 Å². The van der Waals surface area contributed by atoms with Crippen molar-refractivity contribution in [2.75, 3.05) is 12.0 Å². The van der Waals surface area contributed by atoms with Crippen LogP contribution < -0.4 is 9.83 Å². The minimum absolute atomic E-state index is 0.106. The fourth-order valence-corrected chi connectivity index (χ4v) is 2.23. The summed E-state index contributed by atoms with van der Waals surface area (Å²) in [5.41, 5.74) is 0. The number of nitrogens with one attached hydrogen (secondary N) is 1. The van der Waals surface area contributed by atoms with Crippen molar-refractivity contribution in [3.8, 4) is 0 Å². The van der Waals surface area contributed by atoms with Crippen molar-refractivity contribution < 1.29 is 9.90 Å². The Bertz CT molecular complexity index is 128. The molecule has 1 saturated heterocycles. The molecule has 0 saturated carbocycles. The second kappa shape index (κ2) is 2.58. The molecule has 0 aromatic heterocycles. The van der Waals surface area contributed by atoms with Gasteiger partial charge in [0.05, 0.1) is 23.1 Å². The standard InChI is InChI=1S/C5H9NO2S/c1-9-3-2-4(6-9)5(7)8/h4,6H,2-3H2,1H3. The van der Waals surface area contributed by atoms with Gasteiger partial charge in [-0.05, 0) is 0 Å². The van der Waals surface area contributed by atoms with Crippen LogP contribution in [0.5, 0.6) is 0 Å². The monoisotopic (exact) mass is 147 g/mol. The van der Waals surface area contributed by atoms with E-state index in [-0.39, 0.29) is 11.1 Å². The van der Waals surface area contributed by atoms with Crippen LogP contribution >= 0.6 is 0 Å². The average molecular weight is 147 g/mol. The highest BCUT2D eigenvalue weighted by Gasteiger charge is 2.28. The predicted molar refractivity (Wildman–Crippen MR) is 34.7 cm³/mol. The lowest BCUT2D eigenvalue weighted by molar-refractivity contribution is -0.307. The van der Waals surface area contributed by atoms with E-state index in [1.165, 1.54) is 0 Å². The highest BCUT2D eigenvalue weighted by Crippen LogP contribution is 2.06. The molecule has 0 radical (unpaired) electrons. The highest BCUT2D eigenvalue weighted by atomic mass is 32.2. The first-order chi connectivity index (χ1) is 4.20. The summed E-state index contributed by atoms with van der Waals surface area (Å²) in [6.45, 7) is 0. The van der Waals surface area contributed by atoms with Crippen LogP contribution in [0.4, 0.5) is 0 Å². The molecular formula is C5H9NO2S. The minimum atomic E-state index is -0.966. The Morgan fingerprint density at radius 3 is 2.78 bits per heavy atom. The van der Waals surface area contributed by atoms with Crippen molar-refractivity contribution in [1.29, 1.82) is 0 Å². The fourth-order valence-electron chi connectivity index (χ4n) is 0.821. The Hall–Kier alpha value is -0.220. The van der Waals surface area contributed by atoms with Crippen LogP contribution in [0.3, 0.4) is 0 Å². The molecule has 3 nitrogen and oxygen atoms in total. The number of carbonyl (C=O) groups is 1. The Morgan fingerprint density at radius 2 is 2.56 bits per heavy atom. The zero-order valence-corrected chi connectivity index (χ0v) is 6.03. The molecule has 1 aliphatic heterocycles. The zero-order chi connectivity index (χ0) is 6.85. The maximum Gasteiger partial charge on any atom is 0.129 e. The lowest BCUT2D eigenvalue weighted by Crippen LogP contribution is -2.42. The second-order valence-electron chi connectivity index (χ2n) is 2.12. The third-order valence-corrected chi connectivity index (χ3v) is 2.88. The molecule has 2 unspecified atom stereocenters. The topological polar surface area (TPSA) is 52.2 Å². The smallest absolute Gasteiger partial charge is 0.129 e. The Balaban J connectivity index is 2.39. The van der Waals surface area contributed by atoms with Gasteiger partial charge in [0.2, 0.25) is 0 Å². The fraction of sp³-hybridized carbons (Fsp3) is 0.800. The first kappa shape index (κ1) is 6.89. The van der Waals surface area contributed by atoms with E-state index in [1.807, 2.05) is 6.26 Å². The van der Waals surface area contributed by atoms with E-state index in [0.29, 0.717) is 0 Å². The summed E-state index contributed by atoms with van der Waals surface area (Å²) < 4.78 is 2.92. The quantitative estimate of drug-likeness (QED) is 0.448. The minimum Gasteiger partial charge on any atom is -0.548 e. The van der Waals surface area contributed by atoms with Gasteiger partial charge in [0.15, 0.2) is 0 Å². The normalized spacial score (nSPS) is 34.8. The number of aliphatic carboxylic acids is 1. The van der Waals surface area contributed by atoms with E-state index in [4.69, 9.17) is 0 Å². The van der Waals surface area contributed by atoms with Gasteiger partial charge >= 0.3 is 0 Å². The molecule has 0 aliphatic carbocycles. The third-order valence-electron chi connectivity index (χ3n) is 1.34. The van der Waals surface area contributed by atoms with Crippen LogP contribution in [0.2, 0.25) is 0 Å². The molecule has 52 valence electrons. The summed E-state index contributed by atoms with van der Waals surface area (Å²) in [5, 5.41) is 10.2. The molecule has 0 aromatic rings. The predicted octanol–water partition coefficient (Wildman–Crippen LogP) is -1.74. The Kier molecular flexibility index (Phi) is 1.97. The van der Waals surface area contributed by atoms with Crippen LogP contribution in [0.1, 0.15) is 6.42 Å². The molecule has 1 fully saturated rings. The van der Waals surface area contributed by atoms with Gasteiger partial charge < -0.3 is 9.90 Å². The molecule has 0 bridgehead atoms. The summed E-state index contributed by atoms with van der Waals surface area (Å²) in [7, 11) is 0. The number of carboxylic acids is 1. The maximum absolute atomic E-state index is 10.2. The number of rotatable bonds is 1. The van der Waals surface area contributed by atoms with Gasteiger partial charge in [0.25, 0.3) is 0 Å². The van der Waals surface area contributed by atoms with E-state index in [1.54, 1.807) is 0 Å². The van der Waals surface area contributed by atoms with Crippen molar-refractivity contribution >= 4 is 17.1 Å². The number of hydrogen-bond donors (Lipinski definition) is 1. The third kappa shape index (κ3) is 1.59. The van der Waals surface area contributed by atoms with Gasteiger partial charge in [-0.15, -0.1) is 4.72 Å². The van der Waals surface area contributed by atoms with Gasteiger partial charge in [-0.2, -0.15) is 0 Å². The molecule has 1 heterocycles. The SMILES string of the molecule is C[S+]1CCC(C(=O)[O-])N1. The largest absolute Gasteiger partial charge is 0.548 e. The van der Waals surface area contributed by atoms with Crippen LogP contribution in [0, 0.1) is 0 Å². The molecule has 0 amide bonds. The molecule has 0 spiro atoms. The van der Waals surface area contributed by atoms with Crippen LogP contribution in [0.15, 0.2) is 0 Å². The van der Waals surface area contributed by atoms with Gasteiger partial charge in [-0.25, -0.2) is 0 Å². The highest BCUT2D eigenvalue weighted by molar-refractivity contribution is 7.94. The van der Waals surface area contributed by atoms with E-state index >= 15 is 0 Å². The van der Waals surface area contributed by atoms with E-state index < -0.39 is 12.0 Å². The molecule has 1 aliphatic rings. The number of hydrogen-bond acceptors (Lipinski definition) is 3. The lowest BCUT2D eigenvalue weighted by atomic mass is 10.2. The zero-order valence-electron chi connectivity index (χ0n) is 5.22.